The highest BCUT2D eigenvalue weighted by Crippen LogP contribution is 2.27. The van der Waals surface area contributed by atoms with Crippen molar-refractivity contribution in [2.75, 3.05) is 85.3 Å². The van der Waals surface area contributed by atoms with Crippen molar-refractivity contribution in [1.29, 1.82) is 0 Å². The lowest BCUT2D eigenvalue weighted by molar-refractivity contribution is -0.143. The van der Waals surface area contributed by atoms with Crippen LogP contribution in [0, 0.1) is 5.92 Å². The first-order valence-corrected chi connectivity index (χ1v) is 15.9. The van der Waals surface area contributed by atoms with Crippen molar-refractivity contribution in [3.05, 3.63) is 64.6 Å². The molecule has 2 fully saturated rings. The zero-order chi connectivity index (χ0) is 28.4. The predicted octanol–water partition coefficient (Wildman–Crippen LogP) is 2.14. The number of aliphatic carboxylic acids is 1. The van der Waals surface area contributed by atoms with E-state index in [2.05, 4.69) is 31.0 Å². The lowest BCUT2D eigenvalue weighted by atomic mass is 9.92. The summed E-state index contributed by atoms with van der Waals surface area (Å²) in [7, 11) is -3.94. The normalized spacial score (nSPS) is 18.9. The molecule has 12 heteroatoms. The average molecular weight is 640 g/mol. The van der Waals surface area contributed by atoms with Gasteiger partial charge < -0.3 is 19.9 Å². The molecule has 0 aliphatic carbocycles. The van der Waals surface area contributed by atoms with Crippen molar-refractivity contribution in [2.45, 2.75) is 10.9 Å². The highest BCUT2D eigenvalue weighted by atomic mass is 79.9. The second-order valence-electron chi connectivity index (χ2n) is 10.0. The second kappa shape index (κ2) is 15.4. The topological polar surface area (TPSA) is 112 Å². The van der Waals surface area contributed by atoms with Crippen LogP contribution in [0.1, 0.15) is 11.6 Å². The third kappa shape index (κ3) is 8.80. The number of nitrogens with one attached hydrogen (secondary N) is 1. The Morgan fingerprint density at radius 2 is 1.50 bits per heavy atom. The fraction of sp³-hybridized carbons (Fsp3) is 0.536. The fourth-order valence-corrected chi connectivity index (χ4v) is 6.78. The molecule has 220 valence electrons. The van der Waals surface area contributed by atoms with E-state index in [-0.39, 0.29) is 18.0 Å². The van der Waals surface area contributed by atoms with Crippen molar-refractivity contribution in [2.24, 2.45) is 5.92 Å². The van der Waals surface area contributed by atoms with Crippen molar-refractivity contribution in [3.63, 3.8) is 0 Å². The molecule has 40 heavy (non-hydrogen) atoms. The third-order valence-electron chi connectivity index (χ3n) is 7.40. The van der Waals surface area contributed by atoms with Crippen LogP contribution >= 0.6 is 15.9 Å². The molecule has 2 aromatic carbocycles. The van der Waals surface area contributed by atoms with Gasteiger partial charge in [0.15, 0.2) is 0 Å². The maximum atomic E-state index is 13.8. The number of rotatable bonds is 14. The van der Waals surface area contributed by atoms with Gasteiger partial charge in [-0.1, -0.05) is 46.3 Å². The van der Waals surface area contributed by atoms with Crippen LogP contribution in [0.3, 0.4) is 0 Å². The molecule has 0 saturated carbocycles. The van der Waals surface area contributed by atoms with Crippen LogP contribution < -0.4 is 5.32 Å². The molecule has 2 saturated heterocycles. The molecule has 2 aliphatic rings. The number of sulfonamides is 1. The number of halogens is 1. The molecule has 2 atom stereocenters. The summed E-state index contributed by atoms with van der Waals surface area (Å²) in [5.74, 6) is -2.07. The smallest absolute Gasteiger partial charge is 0.309 e. The molecule has 0 radical (unpaired) electrons. The van der Waals surface area contributed by atoms with Crippen LogP contribution in [-0.2, 0) is 24.3 Å². The van der Waals surface area contributed by atoms with E-state index in [0.717, 1.165) is 29.7 Å². The molecular weight excluding hydrogens is 600 g/mol. The Balaban J connectivity index is 1.58. The van der Waals surface area contributed by atoms with Crippen molar-refractivity contribution in [1.82, 2.24) is 19.4 Å². The monoisotopic (exact) mass is 638 g/mol. The van der Waals surface area contributed by atoms with Crippen LogP contribution in [-0.4, -0.2) is 119 Å². The van der Waals surface area contributed by atoms with Crippen molar-refractivity contribution < 1.29 is 27.8 Å². The van der Waals surface area contributed by atoms with E-state index in [0.29, 0.717) is 52.6 Å². The SMILES string of the molecule is O=C(O)C(CN(CCN1CCOCC1)S(=O)(=O)c1ccccc1)C(NCCN1CCOCC1)c1ccc(Br)cc1. The average Bonchev–Trinajstić information content (AvgIpc) is 2.98. The molecule has 0 aromatic heterocycles. The standard InChI is InChI=1S/C28H39BrN4O6S/c29-24-8-6-23(7-9-24)27(30-10-11-31-14-18-38-19-15-31)26(28(34)35)22-33(13-12-32-16-20-39-21-17-32)40(36,37)25-4-2-1-3-5-25/h1-9,26-27,30H,10-22H2,(H,34,35). The minimum Gasteiger partial charge on any atom is -0.481 e. The van der Waals surface area contributed by atoms with Gasteiger partial charge in [-0.05, 0) is 29.8 Å². The van der Waals surface area contributed by atoms with E-state index in [9.17, 15) is 18.3 Å². The summed E-state index contributed by atoms with van der Waals surface area (Å²) in [5, 5.41) is 13.9. The third-order valence-corrected chi connectivity index (χ3v) is 9.80. The van der Waals surface area contributed by atoms with Gasteiger partial charge in [0.25, 0.3) is 0 Å². The molecule has 0 spiro atoms. The van der Waals surface area contributed by atoms with E-state index in [4.69, 9.17) is 9.47 Å². The molecule has 0 amide bonds. The molecule has 4 rings (SSSR count). The van der Waals surface area contributed by atoms with Gasteiger partial charge in [-0.3, -0.25) is 14.6 Å². The van der Waals surface area contributed by atoms with Crippen molar-refractivity contribution >= 4 is 31.9 Å². The van der Waals surface area contributed by atoms with Crippen molar-refractivity contribution in [3.8, 4) is 0 Å². The van der Waals surface area contributed by atoms with E-state index >= 15 is 0 Å². The summed E-state index contributed by atoms with van der Waals surface area (Å²) in [6, 6.07) is 15.2. The van der Waals surface area contributed by atoms with E-state index in [1.54, 1.807) is 30.3 Å². The van der Waals surface area contributed by atoms with Gasteiger partial charge in [-0.2, -0.15) is 4.31 Å². The number of hydrogen-bond donors (Lipinski definition) is 2. The fourth-order valence-electron chi connectivity index (χ4n) is 5.04. The van der Waals surface area contributed by atoms with Gasteiger partial charge >= 0.3 is 5.97 Å². The van der Waals surface area contributed by atoms with Gasteiger partial charge in [0, 0.05) is 69.4 Å². The highest BCUT2D eigenvalue weighted by molar-refractivity contribution is 9.10. The number of morpholine rings is 2. The molecular formula is C28H39BrN4O6S. The number of ether oxygens (including phenoxy) is 2. The molecule has 2 N–H and O–H groups in total. The lowest BCUT2D eigenvalue weighted by Gasteiger charge is -2.33. The van der Waals surface area contributed by atoms with Gasteiger partial charge in [0.05, 0.1) is 37.2 Å². The first-order chi connectivity index (χ1) is 19.3. The maximum Gasteiger partial charge on any atom is 0.309 e. The lowest BCUT2D eigenvalue weighted by Crippen LogP contribution is -2.48. The van der Waals surface area contributed by atoms with E-state index in [1.165, 1.54) is 4.31 Å². The minimum absolute atomic E-state index is 0.154. The number of carboxylic acids is 1. The summed E-state index contributed by atoms with van der Waals surface area (Å²) in [6.07, 6.45) is 0. The Labute approximate surface area is 245 Å². The number of hydrogen-bond acceptors (Lipinski definition) is 8. The number of benzene rings is 2. The Hall–Kier alpha value is -1.90. The second-order valence-corrected chi connectivity index (χ2v) is 12.9. The number of nitrogens with zero attached hydrogens (tertiary/aromatic N) is 3. The Morgan fingerprint density at radius 3 is 2.08 bits per heavy atom. The number of carboxylic acid groups (broad SMARTS) is 1. The minimum atomic E-state index is -3.94. The molecule has 2 unspecified atom stereocenters. The molecule has 0 bridgehead atoms. The summed E-state index contributed by atoms with van der Waals surface area (Å²) in [4.78, 5) is 17.4. The van der Waals surface area contributed by atoms with Crippen LogP contribution in [0.15, 0.2) is 64.0 Å². The van der Waals surface area contributed by atoms with Crippen LogP contribution in [0.2, 0.25) is 0 Å². The Kier molecular flexibility index (Phi) is 11.9. The molecule has 2 heterocycles. The van der Waals surface area contributed by atoms with Gasteiger partial charge in [0.2, 0.25) is 10.0 Å². The predicted molar refractivity (Wildman–Crippen MR) is 156 cm³/mol. The Bertz CT molecular complexity index is 1160. The quantitative estimate of drug-likeness (QED) is 0.321. The van der Waals surface area contributed by atoms with Crippen LogP contribution in [0.4, 0.5) is 0 Å². The van der Waals surface area contributed by atoms with Gasteiger partial charge in [0.1, 0.15) is 0 Å². The maximum absolute atomic E-state index is 13.8. The van der Waals surface area contributed by atoms with Crippen LogP contribution in [0.5, 0.6) is 0 Å². The van der Waals surface area contributed by atoms with Crippen LogP contribution in [0.25, 0.3) is 0 Å². The van der Waals surface area contributed by atoms with E-state index < -0.39 is 28.0 Å². The van der Waals surface area contributed by atoms with E-state index in [1.807, 2.05) is 24.3 Å². The zero-order valence-corrected chi connectivity index (χ0v) is 25.1. The van der Waals surface area contributed by atoms with Gasteiger partial charge in [-0.25, -0.2) is 8.42 Å². The summed E-state index contributed by atoms with van der Waals surface area (Å²) >= 11 is 3.46. The number of carbonyl (C=O) groups is 1. The zero-order valence-electron chi connectivity index (χ0n) is 22.7. The Morgan fingerprint density at radius 1 is 0.925 bits per heavy atom. The van der Waals surface area contributed by atoms with Gasteiger partial charge in [-0.15, -0.1) is 0 Å². The first kappa shape index (κ1) is 31.0. The molecule has 2 aromatic rings. The largest absolute Gasteiger partial charge is 0.481 e. The molecule has 2 aliphatic heterocycles. The summed E-state index contributed by atoms with van der Waals surface area (Å²) < 4.78 is 40.8. The summed E-state index contributed by atoms with van der Waals surface area (Å²) in [5.41, 5.74) is 0.794. The summed E-state index contributed by atoms with van der Waals surface area (Å²) in [6.45, 7) is 7.47. The first-order valence-electron chi connectivity index (χ1n) is 13.7. The molecule has 10 nitrogen and oxygen atoms in total. The highest BCUT2D eigenvalue weighted by Gasteiger charge is 2.36.